The van der Waals surface area contributed by atoms with Gasteiger partial charge in [-0.25, -0.2) is 4.98 Å². The van der Waals surface area contributed by atoms with Crippen molar-refractivity contribution in [3.05, 3.63) is 75.0 Å². The Kier molecular flexibility index (Phi) is 6.36. The molecule has 0 aliphatic rings. The van der Waals surface area contributed by atoms with Crippen LogP contribution in [0.1, 0.15) is 0 Å². The molecule has 0 spiro atoms. The topological polar surface area (TPSA) is 64.0 Å². The van der Waals surface area contributed by atoms with Crippen LogP contribution in [-0.4, -0.2) is 21.2 Å². The molecule has 0 fully saturated rings. The molecule has 138 valence electrons. The second-order valence-electron chi connectivity index (χ2n) is 5.61. The molecule has 1 heterocycles. The average molecular weight is 465 g/mol. The van der Waals surface area contributed by atoms with Crippen molar-refractivity contribution in [2.24, 2.45) is 0 Å². The van der Waals surface area contributed by atoms with E-state index in [1.54, 1.807) is 30.3 Å². The summed E-state index contributed by atoms with van der Waals surface area (Å²) in [4.78, 5) is 29.5. The summed E-state index contributed by atoms with van der Waals surface area (Å²) in [6.07, 6.45) is 1.62. The van der Waals surface area contributed by atoms with Crippen LogP contribution in [0.2, 0.25) is 5.02 Å². The van der Waals surface area contributed by atoms with Crippen LogP contribution in [0, 0.1) is 0 Å². The van der Waals surface area contributed by atoms with Crippen molar-refractivity contribution in [3.8, 4) is 0 Å². The van der Waals surface area contributed by atoms with Gasteiger partial charge in [0.25, 0.3) is 5.56 Å². The van der Waals surface area contributed by atoms with Crippen LogP contribution in [0.3, 0.4) is 0 Å². The van der Waals surface area contributed by atoms with E-state index in [-0.39, 0.29) is 17.2 Å². The number of aromatic nitrogens is 2. The highest BCUT2D eigenvalue weighted by molar-refractivity contribution is 9.10. The summed E-state index contributed by atoms with van der Waals surface area (Å²) in [6, 6.07) is 12.3. The number of rotatable bonds is 6. The highest BCUT2D eigenvalue weighted by Crippen LogP contribution is 2.21. The van der Waals surface area contributed by atoms with Crippen LogP contribution >= 0.6 is 39.3 Å². The second-order valence-corrected chi connectivity index (χ2v) is 7.90. The first kappa shape index (κ1) is 19.7. The SMILES string of the molecule is C=CCn1c(SCC(=O)Nc2cccc(Br)c2)nc2cc(Cl)ccc2c1=O. The first-order chi connectivity index (χ1) is 13.0. The van der Waals surface area contributed by atoms with E-state index in [4.69, 9.17) is 11.6 Å². The van der Waals surface area contributed by atoms with Crippen molar-refractivity contribution in [2.45, 2.75) is 11.7 Å². The number of amides is 1. The number of fused-ring (bicyclic) bond motifs is 1. The molecule has 3 rings (SSSR count). The molecule has 0 saturated heterocycles. The Morgan fingerprint density at radius 3 is 2.89 bits per heavy atom. The van der Waals surface area contributed by atoms with Gasteiger partial charge in [-0.1, -0.05) is 51.4 Å². The van der Waals surface area contributed by atoms with E-state index in [0.717, 1.165) is 4.47 Å². The van der Waals surface area contributed by atoms with Gasteiger partial charge < -0.3 is 5.32 Å². The zero-order valence-electron chi connectivity index (χ0n) is 14.1. The van der Waals surface area contributed by atoms with Crippen molar-refractivity contribution in [1.29, 1.82) is 0 Å². The van der Waals surface area contributed by atoms with Crippen LogP contribution in [0.4, 0.5) is 5.69 Å². The van der Waals surface area contributed by atoms with E-state index < -0.39 is 0 Å². The summed E-state index contributed by atoms with van der Waals surface area (Å²) in [5, 5.41) is 4.24. The van der Waals surface area contributed by atoms with Crippen molar-refractivity contribution in [1.82, 2.24) is 9.55 Å². The smallest absolute Gasteiger partial charge is 0.262 e. The zero-order valence-corrected chi connectivity index (χ0v) is 17.3. The normalized spacial score (nSPS) is 10.7. The van der Waals surface area contributed by atoms with Crippen molar-refractivity contribution >= 4 is 61.8 Å². The molecular weight excluding hydrogens is 450 g/mol. The van der Waals surface area contributed by atoms with Gasteiger partial charge in [-0.3, -0.25) is 14.2 Å². The lowest BCUT2D eigenvalue weighted by Crippen LogP contribution is -2.23. The van der Waals surface area contributed by atoms with Gasteiger partial charge >= 0.3 is 0 Å². The van der Waals surface area contributed by atoms with Gasteiger partial charge in [0, 0.05) is 21.7 Å². The Balaban J connectivity index is 1.84. The largest absolute Gasteiger partial charge is 0.325 e. The lowest BCUT2D eigenvalue weighted by atomic mass is 10.2. The maximum absolute atomic E-state index is 12.7. The number of halogens is 2. The van der Waals surface area contributed by atoms with Crippen molar-refractivity contribution < 1.29 is 4.79 Å². The summed E-state index contributed by atoms with van der Waals surface area (Å²) in [7, 11) is 0. The summed E-state index contributed by atoms with van der Waals surface area (Å²) < 4.78 is 2.38. The van der Waals surface area contributed by atoms with E-state index in [2.05, 4.69) is 32.8 Å². The molecule has 27 heavy (non-hydrogen) atoms. The number of hydrogen-bond donors (Lipinski definition) is 1. The highest BCUT2D eigenvalue weighted by atomic mass is 79.9. The molecule has 8 heteroatoms. The fourth-order valence-corrected chi connectivity index (χ4v) is 3.84. The van der Waals surface area contributed by atoms with Crippen LogP contribution in [0.15, 0.2) is 69.5 Å². The summed E-state index contributed by atoms with van der Waals surface area (Å²) >= 11 is 10.6. The van der Waals surface area contributed by atoms with Crippen molar-refractivity contribution in [3.63, 3.8) is 0 Å². The minimum absolute atomic E-state index is 0.113. The third kappa shape index (κ3) is 4.80. The van der Waals surface area contributed by atoms with E-state index in [1.807, 2.05) is 18.2 Å². The molecule has 1 amide bonds. The van der Waals surface area contributed by atoms with Gasteiger partial charge in [-0.2, -0.15) is 0 Å². The highest BCUT2D eigenvalue weighted by Gasteiger charge is 2.13. The standard InChI is InChI=1S/C19H15BrClN3O2S/c1-2-8-24-18(26)15-7-6-13(21)10-16(15)23-19(24)27-11-17(25)22-14-5-3-4-12(20)9-14/h2-7,9-10H,1,8,11H2,(H,22,25). The van der Waals surface area contributed by atoms with Gasteiger partial charge in [0.2, 0.25) is 5.91 Å². The third-order valence-corrected chi connectivity index (χ3v) is 5.34. The number of benzene rings is 2. The molecule has 0 atom stereocenters. The fraction of sp³-hybridized carbons (Fsp3) is 0.105. The predicted molar refractivity (Wildman–Crippen MR) is 115 cm³/mol. The number of hydrogen-bond acceptors (Lipinski definition) is 4. The molecule has 0 unspecified atom stereocenters. The van der Waals surface area contributed by atoms with Crippen LogP contribution in [-0.2, 0) is 11.3 Å². The minimum Gasteiger partial charge on any atom is -0.325 e. The molecule has 1 aromatic heterocycles. The summed E-state index contributed by atoms with van der Waals surface area (Å²) in [5.41, 5.74) is 1.01. The Bertz CT molecular complexity index is 1080. The number of nitrogens with one attached hydrogen (secondary N) is 1. The van der Waals surface area contributed by atoms with E-state index in [0.29, 0.717) is 33.3 Å². The van der Waals surface area contributed by atoms with E-state index >= 15 is 0 Å². The van der Waals surface area contributed by atoms with Gasteiger partial charge in [0.15, 0.2) is 5.16 Å². The Morgan fingerprint density at radius 1 is 1.33 bits per heavy atom. The van der Waals surface area contributed by atoms with Crippen LogP contribution in [0.25, 0.3) is 10.9 Å². The van der Waals surface area contributed by atoms with Gasteiger partial charge in [0.1, 0.15) is 0 Å². The van der Waals surface area contributed by atoms with Gasteiger partial charge in [-0.05, 0) is 36.4 Å². The fourth-order valence-electron chi connectivity index (χ4n) is 2.47. The third-order valence-electron chi connectivity index (χ3n) is 3.63. The molecule has 0 radical (unpaired) electrons. The zero-order chi connectivity index (χ0) is 19.4. The summed E-state index contributed by atoms with van der Waals surface area (Å²) in [5.74, 6) is -0.0778. The molecule has 0 saturated carbocycles. The molecular formula is C19H15BrClN3O2S. The lowest BCUT2D eigenvalue weighted by molar-refractivity contribution is -0.113. The number of anilines is 1. The minimum atomic E-state index is -0.191. The maximum atomic E-state index is 12.7. The van der Waals surface area contributed by atoms with E-state index in [9.17, 15) is 9.59 Å². The van der Waals surface area contributed by atoms with Crippen LogP contribution < -0.4 is 10.9 Å². The van der Waals surface area contributed by atoms with Gasteiger partial charge in [-0.15, -0.1) is 6.58 Å². The molecule has 1 N–H and O–H groups in total. The molecule has 0 aliphatic heterocycles. The monoisotopic (exact) mass is 463 g/mol. The average Bonchev–Trinajstić information content (AvgIpc) is 2.62. The number of allylic oxidation sites excluding steroid dienone is 1. The molecule has 3 aromatic rings. The Morgan fingerprint density at radius 2 is 2.15 bits per heavy atom. The second kappa shape index (κ2) is 8.73. The Labute approximate surface area is 173 Å². The first-order valence-corrected chi connectivity index (χ1v) is 10.1. The Hall–Kier alpha value is -2.09. The quantitative estimate of drug-likeness (QED) is 0.325. The number of carbonyl (C=O) groups is 1. The van der Waals surface area contributed by atoms with Gasteiger partial charge in [0.05, 0.1) is 16.7 Å². The van der Waals surface area contributed by atoms with Crippen LogP contribution in [0.5, 0.6) is 0 Å². The maximum Gasteiger partial charge on any atom is 0.262 e. The van der Waals surface area contributed by atoms with E-state index in [1.165, 1.54) is 16.3 Å². The summed E-state index contributed by atoms with van der Waals surface area (Å²) in [6.45, 7) is 4.00. The predicted octanol–water partition coefficient (Wildman–Crippen LogP) is 4.73. The number of carbonyl (C=O) groups excluding carboxylic acids is 1. The molecule has 2 aromatic carbocycles. The molecule has 0 aliphatic carbocycles. The first-order valence-electron chi connectivity index (χ1n) is 7.97. The number of thioether (sulfide) groups is 1. The molecule has 0 bridgehead atoms. The lowest BCUT2D eigenvalue weighted by Gasteiger charge is -2.12. The molecule has 5 nitrogen and oxygen atoms in total. The van der Waals surface area contributed by atoms with Crippen molar-refractivity contribution in [2.75, 3.05) is 11.1 Å². The number of nitrogens with zero attached hydrogens (tertiary/aromatic N) is 2.